The first kappa shape index (κ1) is 16.0. The zero-order valence-electron chi connectivity index (χ0n) is 12.8. The Morgan fingerprint density at radius 3 is 2.59 bits per heavy atom. The number of hydrogen-bond acceptors (Lipinski definition) is 3. The van der Waals surface area contributed by atoms with Gasteiger partial charge in [0.25, 0.3) is 0 Å². The maximum Gasteiger partial charge on any atom is 0.234 e. The lowest BCUT2D eigenvalue weighted by Crippen LogP contribution is -2.36. The van der Waals surface area contributed by atoms with Crippen LogP contribution in [-0.4, -0.2) is 5.91 Å². The van der Waals surface area contributed by atoms with Crippen LogP contribution in [0.5, 0.6) is 5.75 Å². The summed E-state index contributed by atoms with van der Waals surface area (Å²) in [6.07, 6.45) is 1.38. The van der Waals surface area contributed by atoms with Gasteiger partial charge in [-0.05, 0) is 29.7 Å². The molecule has 0 atom stereocenters. The zero-order valence-corrected chi connectivity index (χ0v) is 12.8. The van der Waals surface area contributed by atoms with Crippen LogP contribution in [0.1, 0.15) is 30.9 Å². The predicted molar refractivity (Wildman–Crippen MR) is 87.1 cm³/mol. The molecule has 0 aliphatic rings. The van der Waals surface area contributed by atoms with Crippen molar-refractivity contribution >= 4 is 5.91 Å². The molecule has 0 unspecified atom stereocenters. The summed E-state index contributed by atoms with van der Waals surface area (Å²) in [6, 6.07) is 17.9. The lowest BCUT2D eigenvalue weighted by molar-refractivity contribution is -0.122. The van der Waals surface area contributed by atoms with Gasteiger partial charge in [0.15, 0.2) is 0 Å². The van der Waals surface area contributed by atoms with E-state index in [0.717, 1.165) is 23.3 Å². The summed E-state index contributed by atoms with van der Waals surface area (Å²) >= 11 is 0. The van der Waals surface area contributed by atoms with Crippen molar-refractivity contribution in [1.82, 2.24) is 10.9 Å². The minimum atomic E-state index is 0.0129. The summed E-state index contributed by atoms with van der Waals surface area (Å²) < 4.78 is 5.78. The van der Waals surface area contributed by atoms with Gasteiger partial charge >= 0.3 is 0 Å². The highest BCUT2D eigenvalue weighted by Gasteiger charge is 2.00. The molecule has 2 aromatic rings. The van der Waals surface area contributed by atoms with E-state index in [0.29, 0.717) is 19.6 Å². The number of hydrazine groups is 1. The maximum atomic E-state index is 11.4. The Bertz CT molecular complexity index is 585. The lowest BCUT2D eigenvalue weighted by atomic mass is 10.2. The SMILES string of the molecule is CCCC(=O)NNCc1cccc(OCc2ccccc2)c1. The highest BCUT2D eigenvalue weighted by molar-refractivity contribution is 5.75. The molecule has 0 heterocycles. The van der Waals surface area contributed by atoms with E-state index < -0.39 is 0 Å². The van der Waals surface area contributed by atoms with E-state index in [4.69, 9.17) is 4.74 Å². The largest absolute Gasteiger partial charge is 0.489 e. The number of amides is 1. The van der Waals surface area contributed by atoms with Gasteiger partial charge in [-0.25, -0.2) is 5.43 Å². The lowest BCUT2D eigenvalue weighted by Gasteiger charge is -2.10. The van der Waals surface area contributed by atoms with Crippen LogP contribution in [0.15, 0.2) is 54.6 Å². The van der Waals surface area contributed by atoms with E-state index >= 15 is 0 Å². The number of carbonyl (C=O) groups excluding carboxylic acids is 1. The molecule has 0 bridgehead atoms. The number of benzene rings is 2. The minimum absolute atomic E-state index is 0.0129. The standard InChI is InChI=1S/C18H22N2O2/c1-2-7-18(21)20-19-13-16-10-6-11-17(12-16)22-14-15-8-4-3-5-9-15/h3-6,8-12,19H,2,7,13-14H2,1H3,(H,20,21). The van der Waals surface area contributed by atoms with E-state index in [-0.39, 0.29) is 5.91 Å². The van der Waals surface area contributed by atoms with Crippen molar-refractivity contribution in [3.63, 3.8) is 0 Å². The first-order chi connectivity index (χ1) is 10.8. The second-order valence-corrected chi connectivity index (χ2v) is 5.07. The Labute approximate surface area is 131 Å². The average molecular weight is 298 g/mol. The van der Waals surface area contributed by atoms with Crippen LogP contribution in [0.4, 0.5) is 0 Å². The molecule has 1 amide bonds. The molecule has 22 heavy (non-hydrogen) atoms. The molecule has 0 aliphatic heterocycles. The number of nitrogens with one attached hydrogen (secondary N) is 2. The molecule has 0 radical (unpaired) electrons. The number of ether oxygens (including phenoxy) is 1. The fourth-order valence-electron chi connectivity index (χ4n) is 2.02. The summed E-state index contributed by atoms with van der Waals surface area (Å²) in [5.74, 6) is 0.835. The molecule has 116 valence electrons. The first-order valence-electron chi connectivity index (χ1n) is 7.55. The van der Waals surface area contributed by atoms with Crippen LogP contribution in [0.3, 0.4) is 0 Å². The van der Waals surface area contributed by atoms with Crippen LogP contribution in [0.25, 0.3) is 0 Å². The monoisotopic (exact) mass is 298 g/mol. The van der Waals surface area contributed by atoms with Gasteiger partial charge in [-0.3, -0.25) is 10.2 Å². The van der Waals surface area contributed by atoms with E-state index in [2.05, 4.69) is 10.9 Å². The molecular weight excluding hydrogens is 276 g/mol. The van der Waals surface area contributed by atoms with Crippen molar-refractivity contribution in [3.05, 3.63) is 65.7 Å². The Kier molecular flexibility index (Phi) is 6.45. The second-order valence-electron chi connectivity index (χ2n) is 5.07. The van der Waals surface area contributed by atoms with Gasteiger partial charge in [0.05, 0.1) is 0 Å². The molecule has 2 rings (SSSR count). The van der Waals surface area contributed by atoms with Crippen LogP contribution >= 0.6 is 0 Å². The van der Waals surface area contributed by atoms with Gasteiger partial charge < -0.3 is 4.74 Å². The molecule has 0 saturated heterocycles. The summed E-state index contributed by atoms with van der Waals surface area (Å²) in [4.78, 5) is 11.4. The zero-order chi connectivity index (χ0) is 15.6. The highest BCUT2D eigenvalue weighted by atomic mass is 16.5. The van der Waals surface area contributed by atoms with Crippen molar-refractivity contribution in [1.29, 1.82) is 0 Å². The molecular formula is C18H22N2O2. The van der Waals surface area contributed by atoms with Crippen molar-refractivity contribution in [3.8, 4) is 5.75 Å². The molecule has 2 aromatic carbocycles. The van der Waals surface area contributed by atoms with Gasteiger partial charge in [0.1, 0.15) is 12.4 Å². The summed E-state index contributed by atoms with van der Waals surface area (Å²) in [7, 11) is 0. The Morgan fingerprint density at radius 1 is 1.05 bits per heavy atom. The number of hydrogen-bond donors (Lipinski definition) is 2. The van der Waals surface area contributed by atoms with Crippen LogP contribution in [-0.2, 0) is 17.9 Å². The summed E-state index contributed by atoms with van der Waals surface area (Å²) in [5, 5.41) is 0. The van der Waals surface area contributed by atoms with Gasteiger partial charge in [-0.15, -0.1) is 0 Å². The fourth-order valence-corrected chi connectivity index (χ4v) is 2.02. The Hall–Kier alpha value is -2.33. The number of rotatable bonds is 8. The normalized spacial score (nSPS) is 10.2. The van der Waals surface area contributed by atoms with Gasteiger partial charge in [-0.2, -0.15) is 0 Å². The van der Waals surface area contributed by atoms with E-state index in [1.165, 1.54) is 0 Å². The van der Waals surface area contributed by atoms with E-state index in [9.17, 15) is 4.79 Å². The second kappa shape index (κ2) is 8.85. The molecule has 0 saturated carbocycles. The van der Waals surface area contributed by atoms with Gasteiger partial charge in [-0.1, -0.05) is 49.4 Å². The van der Waals surface area contributed by atoms with Crippen molar-refractivity contribution < 1.29 is 9.53 Å². The van der Waals surface area contributed by atoms with Crippen LogP contribution in [0, 0.1) is 0 Å². The van der Waals surface area contributed by atoms with Crippen LogP contribution < -0.4 is 15.6 Å². The highest BCUT2D eigenvalue weighted by Crippen LogP contribution is 2.15. The van der Waals surface area contributed by atoms with Crippen molar-refractivity contribution in [2.75, 3.05) is 0 Å². The van der Waals surface area contributed by atoms with Gasteiger partial charge in [0.2, 0.25) is 5.91 Å². The third kappa shape index (κ3) is 5.58. The first-order valence-corrected chi connectivity index (χ1v) is 7.55. The van der Waals surface area contributed by atoms with Gasteiger partial charge in [0, 0.05) is 13.0 Å². The third-order valence-electron chi connectivity index (χ3n) is 3.14. The quantitative estimate of drug-likeness (QED) is 0.736. The molecule has 0 fully saturated rings. The Morgan fingerprint density at radius 2 is 1.82 bits per heavy atom. The van der Waals surface area contributed by atoms with Crippen LogP contribution in [0.2, 0.25) is 0 Å². The van der Waals surface area contributed by atoms with E-state index in [1.54, 1.807) is 0 Å². The van der Waals surface area contributed by atoms with Crippen molar-refractivity contribution in [2.45, 2.75) is 32.9 Å². The Balaban J connectivity index is 1.81. The molecule has 4 nitrogen and oxygen atoms in total. The van der Waals surface area contributed by atoms with Crippen molar-refractivity contribution in [2.24, 2.45) is 0 Å². The molecule has 0 spiro atoms. The molecule has 4 heteroatoms. The smallest absolute Gasteiger partial charge is 0.234 e. The molecule has 0 aromatic heterocycles. The minimum Gasteiger partial charge on any atom is -0.489 e. The summed E-state index contributed by atoms with van der Waals surface area (Å²) in [6.45, 7) is 3.09. The fraction of sp³-hybridized carbons (Fsp3) is 0.278. The molecule has 0 aliphatic carbocycles. The maximum absolute atomic E-state index is 11.4. The third-order valence-corrected chi connectivity index (χ3v) is 3.14. The molecule has 2 N–H and O–H groups in total. The summed E-state index contributed by atoms with van der Waals surface area (Å²) in [5.41, 5.74) is 7.81. The average Bonchev–Trinajstić information content (AvgIpc) is 2.55. The number of carbonyl (C=O) groups is 1. The van der Waals surface area contributed by atoms with E-state index in [1.807, 2.05) is 61.5 Å². The topological polar surface area (TPSA) is 50.4 Å². The predicted octanol–water partition coefficient (Wildman–Crippen LogP) is 3.19.